The number of esters is 3. The summed E-state index contributed by atoms with van der Waals surface area (Å²) in [6.45, 7) is 24.5. The minimum atomic E-state index is -4.83. The highest BCUT2D eigenvalue weighted by molar-refractivity contribution is 7.48. The largest absolute Gasteiger partial charge is 0.485 e. The van der Waals surface area contributed by atoms with Crippen molar-refractivity contribution in [2.24, 2.45) is 0 Å². The van der Waals surface area contributed by atoms with Gasteiger partial charge in [0.15, 0.2) is 0 Å². The van der Waals surface area contributed by atoms with Crippen molar-refractivity contribution in [3.05, 3.63) is 74.4 Å². The predicted octanol–water partition coefficient (Wildman–Crippen LogP) is 4.04. The van der Waals surface area contributed by atoms with Crippen LogP contribution in [0.3, 0.4) is 0 Å². The van der Waals surface area contributed by atoms with Crippen LogP contribution in [0.4, 0.5) is 0 Å². The Morgan fingerprint density at radius 1 is 0.625 bits per heavy atom. The maximum absolute atomic E-state index is 13.3. The fourth-order valence-corrected chi connectivity index (χ4v) is 2.71. The van der Waals surface area contributed by atoms with Gasteiger partial charge in [-0.15, -0.1) is 0 Å². The van der Waals surface area contributed by atoms with Gasteiger partial charge in [-0.25, -0.2) is 32.5 Å². The third-order valence-corrected chi connectivity index (χ3v) is 4.39. The molecule has 0 aliphatic heterocycles. The molecule has 11 heteroatoms. The van der Waals surface area contributed by atoms with E-state index in [0.717, 1.165) is 18.2 Å². The maximum atomic E-state index is 13.3. The lowest BCUT2D eigenvalue weighted by molar-refractivity contribution is -0.166. The van der Waals surface area contributed by atoms with Crippen molar-refractivity contribution in [1.29, 1.82) is 0 Å². The highest BCUT2D eigenvalue weighted by Crippen LogP contribution is 2.53. The summed E-state index contributed by atoms with van der Waals surface area (Å²) in [4.78, 5) is 35.4. The van der Waals surface area contributed by atoms with E-state index in [-0.39, 0.29) is 16.7 Å². The number of ether oxygens (including phenoxy) is 3. The van der Waals surface area contributed by atoms with Crippen molar-refractivity contribution >= 4 is 25.7 Å². The van der Waals surface area contributed by atoms with E-state index in [1.54, 1.807) is 0 Å². The molecule has 0 heterocycles. The lowest BCUT2D eigenvalue weighted by Gasteiger charge is -2.26. The van der Waals surface area contributed by atoms with Crippen LogP contribution in [0.15, 0.2) is 74.4 Å². The summed E-state index contributed by atoms with van der Waals surface area (Å²) in [6, 6.07) is 0. The normalized spacial score (nSPS) is 15.0. The van der Waals surface area contributed by atoms with Crippen LogP contribution in [-0.4, -0.2) is 36.8 Å². The molecule has 32 heavy (non-hydrogen) atoms. The number of hydrogen-bond acceptors (Lipinski definition) is 10. The van der Waals surface area contributed by atoms with Crippen molar-refractivity contribution in [2.45, 2.75) is 39.6 Å². The molecule has 176 valence electrons. The first-order valence-corrected chi connectivity index (χ1v) is 10.4. The molecule has 0 saturated carbocycles. The summed E-state index contributed by atoms with van der Waals surface area (Å²) in [5.41, 5.74) is 0.0301. The first-order valence-electron chi connectivity index (χ1n) is 8.90. The number of hydrogen-bond donors (Lipinski definition) is 0. The Morgan fingerprint density at radius 2 is 0.844 bits per heavy atom. The van der Waals surface area contributed by atoms with Crippen LogP contribution in [0.25, 0.3) is 0 Å². The molecule has 3 atom stereocenters. The van der Waals surface area contributed by atoms with Crippen LogP contribution in [0.5, 0.6) is 0 Å². The molecule has 0 aromatic heterocycles. The van der Waals surface area contributed by atoms with Crippen LogP contribution >= 0.6 is 7.82 Å². The van der Waals surface area contributed by atoms with E-state index in [2.05, 4.69) is 39.5 Å². The molecule has 0 rings (SSSR count). The van der Waals surface area contributed by atoms with Gasteiger partial charge in [-0.1, -0.05) is 39.5 Å². The topological polar surface area (TPSA) is 124 Å². The summed E-state index contributed by atoms with van der Waals surface area (Å²) in [5, 5.41) is 0. The van der Waals surface area contributed by atoms with Gasteiger partial charge in [0.05, 0.1) is 0 Å². The number of carbonyl (C=O) groups excluding carboxylic acids is 3. The van der Waals surface area contributed by atoms with Crippen molar-refractivity contribution in [3.63, 3.8) is 0 Å². The van der Waals surface area contributed by atoms with Gasteiger partial charge in [0.2, 0.25) is 18.9 Å². The Balaban J connectivity index is 5.89. The Labute approximate surface area is 187 Å². The van der Waals surface area contributed by atoms with Crippen LogP contribution < -0.4 is 0 Å². The number of carbonyl (C=O) groups is 3. The molecule has 0 N–H and O–H groups in total. The minimum absolute atomic E-state index is 0.0100. The molecular formula is C21H27O10P. The number of rotatable bonds is 15. The average molecular weight is 470 g/mol. The van der Waals surface area contributed by atoms with Crippen molar-refractivity contribution in [3.8, 4) is 0 Å². The highest BCUT2D eigenvalue weighted by atomic mass is 31.2. The molecule has 0 aromatic rings. The Bertz CT molecular complexity index is 747. The van der Waals surface area contributed by atoms with E-state index in [1.165, 1.54) is 20.8 Å². The van der Waals surface area contributed by atoms with Crippen molar-refractivity contribution < 1.29 is 46.7 Å². The van der Waals surface area contributed by atoms with Crippen LogP contribution in [0.2, 0.25) is 0 Å². The van der Waals surface area contributed by atoms with Crippen LogP contribution in [-0.2, 0) is 46.7 Å². The van der Waals surface area contributed by atoms with E-state index in [4.69, 9.17) is 27.8 Å². The van der Waals surface area contributed by atoms with Gasteiger partial charge in [-0.05, 0) is 39.0 Å². The molecule has 0 spiro atoms. The molecule has 0 amide bonds. The van der Waals surface area contributed by atoms with Gasteiger partial charge in [0.1, 0.15) is 0 Å². The first kappa shape index (κ1) is 29.0. The third kappa shape index (κ3) is 10.3. The van der Waals surface area contributed by atoms with Gasteiger partial charge < -0.3 is 14.2 Å². The second-order valence-corrected chi connectivity index (χ2v) is 7.66. The zero-order valence-corrected chi connectivity index (χ0v) is 19.1. The van der Waals surface area contributed by atoms with Gasteiger partial charge in [0.25, 0.3) is 0 Å². The highest BCUT2D eigenvalue weighted by Gasteiger charge is 2.39. The Hall–Kier alpha value is -3.04. The second-order valence-electron chi connectivity index (χ2n) is 6.13. The summed E-state index contributed by atoms with van der Waals surface area (Å²) in [7, 11) is -4.83. The summed E-state index contributed by atoms with van der Waals surface area (Å²) < 4.78 is 43.5. The lowest BCUT2D eigenvalue weighted by Crippen LogP contribution is -2.26. The number of phosphoric ester groups is 1. The zero-order valence-electron chi connectivity index (χ0n) is 18.2. The maximum Gasteiger partial charge on any atom is 0.485 e. The van der Waals surface area contributed by atoms with E-state index in [1.807, 2.05) is 0 Å². The first-order chi connectivity index (χ1) is 14.8. The van der Waals surface area contributed by atoms with Gasteiger partial charge in [-0.3, -0.25) is 0 Å². The standard InChI is InChI=1S/C21H27O10P/c1-10-16(26-19(22)13(4)5)29-32(25,30-17(11-2)27-20(23)14(6)7)31-18(12-3)28-21(24)15(8)9/h10-12,16-18H,1-4,6,8H2,5,7,9H3. The molecule has 0 aliphatic carbocycles. The summed E-state index contributed by atoms with van der Waals surface area (Å²) >= 11 is 0. The lowest BCUT2D eigenvalue weighted by atomic mass is 10.4. The molecule has 0 radical (unpaired) electrons. The average Bonchev–Trinajstić information content (AvgIpc) is 2.71. The second kappa shape index (κ2) is 13.4. The molecular weight excluding hydrogens is 443 g/mol. The fourth-order valence-electron chi connectivity index (χ4n) is 1.41. The van der Waals surface area contributed by atoms with Crippen LogP contribution in [0.1, 0.15) is 20.8 Å². The van der Waals surface area contributed by atoms with E-state index < -0.39 is 44.6 Å². The van der Waals surface area contributed by atoms with Crippen molar-refractivity contribution in [1.82, 2.24) is 0 Å². The Morgan fingerprint density at radius 3 is 1.00 bits per heavy atom. The molecule has 0 saturated heterocycles. The zero-order chi connectivity index (χ0) is 25.1. The molecule has 3 unspecified atom stereocenters. The molecule has 0 aliphatic rings. The summed E-state index contributed by atoms with van der Waals surface area (Å²) in [6.07, 6.45) is -2.08. The molecule has 10 nitrogen and oxygen atoms in total. The SMILES string of the molecule is C=CC(OC(=O)C(=C)C)OP(=O)(OC(C=C)OC(=O)C(=C)C)OC(C=C)OC(=O)C(=C)C. The fraction of sp³-hybridized carbons (Fsp3) is 0.286. The molecule has 0 aromatic carbocycles. The van der Waals surface area contributed by atoms with Gasteiger partial charge >= 0.3 is 25.7 Å². The summed E-state index contributed by atoms with van der Waals surface area (Å²) in [5.74, 6) is -2.70. The van der Waals surface area contributed by atoms with Crippen molar-refractivity contribution in [2.75, 3.05) is 0 Å². The minimum Gasteiger partial charge on any atom is -0.428 e. The van der Waals surface area contributed by atoms with E-state index in [9.17, 15) is 18.9 Å². The molecule has 0 bridgehead atoms. The predicted molar refractivity (Wildman–Crippen MR) is 116 cm³/mol. The smallest absolute Gasteiger partial charge is 0.428 e. The van der Waals surface area contributed by atoms with Gasteiger partial charge in [-0.2, -0.15) is 0 Å². The number of phosphoric acid groups is 1. The monoisotopic (exact) mass is 470 g/mol. The van der Waals surface area contributed by atoms with Crippen LogP contribution in [0, 0.1) is 0 Å². The third-order valence-electron chi connectivity index (χ3n) is 2.99. The van der Waals surface area contributed by atoms with E-state index >= 15 is 0 Å². The quantitative estimate of drug-likeness (QED) is 0.0865. The van der Waals surface area contributed by atoms with Gasteiger partial charge in [0, 0.05) is 16.7 Å². The van der Waals surface area contributed by atoms with E-state index in [0.29, 0.717) is 0 Å². The molecule has 0 fully saturated rings. The Kier molecular flexibility index (Phi) is 12.1.